The second-order valence-electron chi connectivity index (χ2n) is 7.74. The number of aromatic nitrogens is 2. The van der Waals surface area contributed by atoms with Gasteiger partial charge in [-0.25, -0.2) is 4.98 Å². The van der Waals surface area contributed by atoms with Crippen LogP contribution in [0.15, 0.2) is 84.1 Å². The van der Waals surface area contributed by atoms with Crippen LogP contribution in [0.25, 0.3) is 16.9 Å². The van der Waals surface area contributed by atoms with Crippen LogP contribution in [0.2, 0.25) is 5.02 Å². The second kappa shape index (κ2) is 8.92. The Bertz CT molecular complexity index is 1180. The molecule has 5 rings (SSSR count). The van der Waals surface area contributed by atoms with E-state index >= 15 is 0 Å². The zero-order valence-electron chi connectivity index (χ0n) is 17.2. The molecule has 0 saturated carbocycles. The summed E-state index contributed by atoms with van der Waals surface area (Å²) in [6.07, 6.45) is 4.00. The molecule has 31 heavy (non-hydrogen) atoms. The van der Waals surface area contributed by atoms with Crippen molar-refractivity contribution in [3.8, 4) is 11.3 Å². The van der Waals surface area contributed by atoms with E-state index in [1.807, 2.05) is 60.9 Å². The Balaban J connectivity index is 1.30. The van der Waals surface area contributed by atoms with Gasteiger partial charge < -0.3 is 0 Å². The standard InChI is InChI=1S/C25H24ClN5/c26-22-11-9-20(10-12-22)19-29-14-16-30(17-15-29)27-18-23-25(21-6-2-1-3-7-21)28-24-8-4-5-13-31(23)24/h1-13,18H,14-17,19H2/b27-18-. The smallest absolute Gasteiger partial charge is 0.137 e. The molecule has 0 unspecified atom stereocenters. The van der Waals surface area contributed by atoms with Gasteiger partial charge in [0.1, 0.15) is 5.65 Å². The summed E-state index contributed by atoms with van der Waals surface area (Å²) in [6.45, 7) is 4.72. The van der Waals surface area contributed by atoms with Gasteiger partial charge in [0.25, 0.3) is 0 Å². The molecule has 0 amide bonds. The molecule has 0 spiro atoms. The molecule has 2 aromatic carbocycles. The van der Waals surface area contributed by atoms with Crippen LogP contribution >= 0.6 is 11.6 Å². The molecule has 5 nitrogen and oxygen atoms in total. The van der Waals surface area contributed by atoms with Crippen LogP contribution < -0.4 is 0 Å². The average molecular weight is 430 g/mol. The molecule has 0 bridgehead atoms. The Morgan fingerprint density at radius 1 is 0.871 bits per heavy atom. The van der Waals surface area contributed by atoms with Crippen LogP contribution in [-0.2, 0) is 6.54 Å². The molecule has 1 fully saturated rings. The number of hydrogen-bond donors (Lipinski definition) is 0. The predicted molar refractivity (Wildman–Crippen MR) is 127 cm³/mol. The lowest BCUT2D eigenvalue weighted by Crippen LogP contribution is -2.43. The van der Waals surface area contributed by atoms with Gasteiger partial charge in [0.2, 0.25) is 0 Å². The summed E-state index contributed by atoms with van der Waals surface area (Å²) in [7, 11) is 0. The first-order valence-corrected chi connectivity index (χ1v) is 10.9. The number of piperazine rings is 1. The number of halogens is 1. The molecule has 156 valence electrons. The fraction of sp³-hybridized carbons (Fsp3) is 0.200. The van der Waals surface area contributed by atoms with Crippen LogP contribution in [0.4, 0.5) is 0 Å². The van der Waals surface area contributed by atoms with Crippen molar-refractivity contribution in [2.75, 3.05) is 26.2 Å². The fourth-order valence-electron chi connectivity index (χ4n) is 3.94. The van der Waals surface area contributed by atoms with E-state index in [2.05, 4.69) is 38.6 Å². The van der Waals surface area contributed by atoms with Crippen molar-refractivity contribution in [1.29, 1.82) is 0 Å². The van der Waals surface area contributed by atoms with Gasteiger partial charge in [-0.1, -0.05) is 60.1 Å². The quantitative estimate of drug-likeness (QED) is 0.427. The zero-order valence-corrected chi connectivity index (χ0v) is 18.0. The lowest BCUT2D eigenvalue weighted by atomic mass is 10.1. The minimum Gasteiger partial charge on any atom is -0.298 e. The van der Waals surface area contributed by atoms with E-state index < -0.39 is 0 Å². The summed E-state index contributed by atoms with van der Waals surface area (Å²) in [5, 5.41) is 7.75. The van der Waals surface area contributed by atoms with E-state index in [1.54, 1.807) is 0 Å². The number of hydrazone groups is 1. The van der Waals surface area contributed by atoms with E-state index in [-0.39, 0.29) is 0 Å². The number of fused-ring (bicyclic) bond motifs is 1. The maximum Gasteiger partial charge on any atom is 0.137 e. The Kier molecular flexibility index (Phi) is 5.69. The molecule has 1 aliphatic heterocycles. The molecule has 1 aliphatic rings. The number of benzene rings is 2. The van der Waals surface area contributed by atoms with Crippen LogP contribution in [0.3, 0.4) is 0 Å². The number of hydrogen-bond acceptors (Lipinski definition) is 4. The summed E-state index contributed by atoms with van der Waals surface area (Å²) in [5.41, 5.74) is 5.28. The largest absolute Gasteiger partial charge is 0.298 e. The third-order valence-corrected chi connectivity index (χ3v) is 5.88. The monoisotopic (exact) mass is 429 g/mol. The van der Waals surface area contributed by atoms with Gasteiger partial charge in [-0.2, -0.15) is 5.10 Å². The first-order chi connectivity index (χ1) is 15.3. The van der Waals surface area contributed by atoms with E-state index in [1.165, 1.54) is 5.56 Å². The molecule has 3 heterocycles. The number of rotatable bonds is 5. The van der Waals surface area contributed by atoms with Crippen molar-refractivity contribution in [3.63, 3.8) is 0 Å². The van der Waals surface area contributed by atoms with Crippen LogP contribution in [-0.4, -0.2) is 51.7 Å². The molecule has 4 aromatic rings. The van der Waals surface area contributed by atoms with E-state index in [0.717, 1.165) is 60.3 Å². The number of imidazole rings is 1. The Morgan fingerprint density at radius 2 is 1.61 bits per heavy atom. The fourth-order valence-corrected chi connectivity index (χ4v) is 4.07. The Morgan fingerprint density at radius 3 is 2.39 bits per heavy atom. The maximum atomic E-state index is 5.99. The highest BCUT2D eigenvalue weighted by molar-refractivity contribution is 6.30. The predicted octanol–water partition coefficient (Wildman–Crippen LogP) is 4.81. The summed E-state index contributed by atoms with van der Waals surface area (Å²) in [4.78, 5) is 7.30. The van der Waals surface area contributed by atoms with Crippen molar-refractivity contribution >= 4 is 23.5 Å². The van der Waals surface area contributed by atoms with E-state index in [9.17, 15) is 0 Å². The minimum absolute atomic E-state index is 0.783. The van der Waals surface area contributed by atoms with Crippen LogP contribution in [0.1, 0.15) is 11.3 Å². The highest BCUT2D eigenvalue weighted by atomic mass is 35.5. The van der Waals surface area contributed by atoms with Crippen molar-refractivity contribution in [2.45, 2.75) is 6.54 Å². The van der Waals surface area contributed by atoms with Gasteiger partial charge in [-0.15, -0.1) is 0 Å². The SMILES string of the molecule is Clc1ccc(CN2CCN(/N=C\c3c(-c4ccccc4)nc4ccccn34)CC2)cc1. The molecule has 0 radical (unpaired) electrons. The van der Waals surface area contributed by atoms with Crippen molar-refractivity contribution in [2.24, 2.45) is 5.10 Å². The molecule has 1 saturated heterocycles. The van der Waals surface area contributed by atoms with Gasteiger partial charge >= 0.3 is 0 Å². The first-order valence-electron chi connectivity index (χ1n) is 10.5. The summed E-state index contributed by atoms with van der Waals surface area (Å²) in [5.74, 6) is 0. The van der Waals surface area contributed by atoms with Gasteiger partial charge in [-0.3, -0.25) is 14.3 Å². The van der Waals surface area contributed by atoms with Gasteiger partial charge in [0, 0.05) is 49.5 Å². The van der Waals surface area contributed by atoms with Crippen LogP contribution in [0.5, 0.6) is 0 Å². The Hall–Kier alpha value is -3.15. The number of pyridine rings is 1. The summed E-state index contributed by atoms with van der Waals surface area (Å²) in [6, 6.07) is 24.5. The molecule has 2 aromatic heterocycles. The third-order valence-electron chi connectivity index (χ3n) is 5.63. The normalized spacial score (nSPS) is 15.2. The highest BCUT2D eigenvalue weighted by Crippen LogP contribution is 2.23. The topological polar surface area (TPSA) is 36.1 Å². The first kappa shape index (κ1) is 19.8. The number of nitrogens with zero attached hydrogens (tertiary/aromatic N) is 5. The van der Waals surface area contributed by atoms with Crippen molar-refractivity contribution in [3.05, 3.63) is 95.3 Å². The molecular formula is C25H24ClN5. The average Bonchev–Trinajstić information content (AvgIpc) is 3.19. The molecular weight excluding hydrogens is 406 g/mol. The van der Waals surface area contributed by atoms with Gasteiger partial charge in [0.05, 0.1) is 17.6 Å². The van der Waals surface area contributed by atoms with Crippen molar-refractivity contribution in [1.82, 2.24) is 19.3 Å². The lowest BCUT2D eigenvalue weighted by Gasteiger charge is -2.33. The molecule has 0 aliphatic carbocycles. The summed E-state index contributed by atoms with van der Waals surface area (Å²) >= 11 is 5.99. The molecule has 0 N–H and O–H groups in total. The van der Waals surface area contributed by atoms with E-state index in [4.69, 9.17) is 21.7 Å². The van der Waals surface area contributed by atoms with E-state index in [0.29, 0.717) is 0 Å². The van der Waals surface area contributed by atoms with Crippen molar-refractivity contribution < 1.29 is 0 Å². The highest BCUT2D eigenvalue weighted by Gasteiger charge is 2.17. The Labute approximate surface area is 187 Å². The van der Waals surface area contributed by atoms with Gasteiger partial charge in [-0.05, 0) is 29.8 Å². The third kappa shape index (κ3) is 4.48. The van der Waals surface area contributed by atoms with Gasteiger partial charge in [0.15, 0.2) is 0 Å². The molecule has 0 atom stereocenters. The lowest BCUT2D eigenvalue weighted by molar-refractivity contribution is 0.131. The van der Waals surface area contributed by atoms with Crippen LogP contribution in [0, 0.1) is 0 Å². The second-order valence-corrected chi connectivity index (χ2v) is 8.18. The minimum atomic E-state index is 0.783. The maximum absolute atomic E-state index is 5.99. The zero-order chi connectivity index (χ0) is 21.0. The summed E-state index contributed by atoms with van der Waals surface area (Å²) < 4.78 is 2.10. The molecule has 6 heteroatoms.